The second-order valence-corrected chi connectivity index (χ2v) is 4.02. The molecule has 1 fully saturated rings. The normalized spacial score (nSPS) is 24.7. The summed E-state index contributed by atoms with van der Waals surface area (Å²) in [6.45, 7) is 1.99. The lowest BCUT2D eigenvalue weighted by Crippen LogP contribution is -2.50. The lowest BCUT2D eigenvalue weighted by Gasteiger charge is -2.30. The minimum atomic E-state index is -1.14. The molecule has 1 amide bonds. The molecule has 0 aromatic carbocycles. The van der Waals surface area contributed by atoms with Crippen LogP contribution in [0.4, 0.5) is 0 Å². The van der Waals surface area contributed by atoms with E-state index in [-0.39, 0.29) is 5.76 Å². The van der Waals surface area contributed by atoms with Crippen molar-refractivity contribution in [3.8, 4) is 0 Å². The molecule has 0 bridgehead atoms. The first-order valence-electron chi connectivity index (χ1n) is 5.02. The van der Waals surface area contributed by atoms with E-state index in [4.69, 9.17) is 9.63 Å². The molecular weight excluding hydrogens is 212 g/mol. The predicted molar refractivity (Wildman–Crippen MR) is 52.8 cm³/mol. The molecule has 1 unspecified atom stereocenters. The van der Waals surface area contributed by atoms with Crippen LogP contribution in [0.5, 0.6) is 0 Å². The van der Waals surface area contributed by atoms with Gasteiger partial charge in [0.1, 0.15) is 5.54 Å². The molecule has 1 aromatic heterocycles. The Morgan fingerprint density at radius 3 is 2.94 bits per heavy atom. The van der Waals surface area contributed by atoms with E-state index in [0.29, 0.717) is 19.4 Å². The Morgan fingerprint density at radius 2 is 2.38 bits per heavy atom. The predicted octanol–water partition coefficient (Wildman–Crippen LogP) is 0.754. The van der Waals surface area contributed by atoms with Gasteiger partial charge in [0, 0.05) is 12.6 Å². The molecule has 6 heteroatoms. The minimum Gasteiger partial charge on any atom is -0.480 e. The van der Waals surface area contributed by atoms with Crippen LogP contribution in [-0.4, -0.2) is 39.1 Å². The molecule has 2 rings (SSSR count). The number of carbonyl (C=O) groups is 2. The zero-order valence-corrected chi connectivity index (χ0v) is 8.84. The standard InChI is InChI=1S/C10H12N2O4/c1-10(9(14)15)4-2-6-12(10)8(13)7-3-5-11-16-7/h3,5H,2,4,6H2,1H3,(H,14,15). The van der Waals surface area contributed by atoms with Gasteiger partial charge in [0.25, 0.3) is 5.91 Å². The molecule has 1 saturated heterocycles. The average Bonchev–Trinajstić information content (AvgIpc) is 2.85. The highest BCUT2D eigenvalue weighted by Crippen LogP contribution is 2.30. The largest absolute Gasteiger partial charge is 0.480 e. The highest BCUT2D eigenvalue weighted by atomic mass is 16.5. The van der Waals surface area contributed by atoms with E-state index in [1.54, 1.807) is 6.92 Å². The van der Waals surface area contributed by atoms with Crippen molar-refractivity contribution in [3.63, 3.8) is 0 Å². The van der Waals surface area contributed by atoms with Gasteiger partial charge in [0.15, 0.2) is 0 Å². The van der Waals surface area contributed by atoms with Crippen molar-refractivity contribution in [1.29, 1.82) is 0 Å². The molecule has 6 nitrogen and oxygen atoms in total. The highest BCUT2D eigenvalue weighted by molar-refractivity contribution is 5.96. The smallest absolute Gasteiger partial charge is 0.329 e. The van der Waals surface area contributed by atoms with Crippen LogP contribution in [0, 0.1) is 0 Å². The van der Waals surface area contributed by atoms with Gasteiger partial charge < -0.3 is 14.5 Å². The summed E-state index contributed by atoms with van der Waals surface area (Å²) >= 11 is 0. The van der Waals surface area contributed by atoms with Gasteiger partial charge in [-0.05, 0) is 19.8 Å². The van der Waals surface area contributed by atoms with Crippen LogP contribution >= 0.6 is 0 Å². The third-order valence-electron chi connectivity index (χ3n) is 3.00. The lowest BCUT2D eigenvalue weighted by molar-refractivity contribution is -0.147. The third kappa shape index (κ3) is 1.46. The van der Waals surface area contributed by atoms with Crippen LogP contribution in [-0.2, 0) is 4.79 Å². The Kier molecular flexibility index (Phi) is 2.41. The maximum Gasteiger partial charge on any atom is 0.329 e. The molecule has 0 aliphatic carbocycles. The van der Waals surface area contributed by atoms with Gasteiger partial charge in [-0.15, -0.1) is 0 Å². The van der Waals surface area contributed by atoms with Gasteiger partial charge in [-0.2, -0.15) is 0 Å². The Morgan fingerprint density at radius 1 is 1.62 bits per heavy atom. The van der Waals surface area contributed by atoms with Gasteiger partial charge in [0.2, 0.25) is 5.76 Å². The van der Waals surface area contributed by atoms with Crippen molar-refractivity contribution in [2.75, 3.05) is 6.54 Å². The molecule has 16 heavy (non-hydrogen) atoms. The number of hydrogen-bond donors (Lipinski definition) is 1. The lowest BCUT2D eigenvalue weighted by atomic mass is 9.99. The van der Waals surface area contributed by atoms with E-state index in [2.05, 4.69) is 5.16 Å². The van der Waals surface area contributed by atoms with Crippen molar-refractivity contribution in [1.82, 2.24) is 10.1 Å². The molecule has 86 valence electrons. The summed E-state index contributed by atoms with van der Waals surface area (Å²) in [6.07, 6.45) is 2.51. The number of amides is 1. The average molecular weight is 224 g/mol. The van der Waals surface area contributed by atoms with Gasteiger partial charge in [-0.1, -0.05) is 5.16 Å². The molecule has 1 aliphatic heterocycles. The first kappa shape index (κ1) is 10.7. The topological polar surface area (TPSA) is 83.6 Å². The number of likely N-dealkylation sites (tertiary alicyclic amines) is 1. The van der Waals surface area contributed by atoms with Crippen LogP contribution in [0.15, 0.2) is 16.8 Å². The second kappa shape index (κ2) is 3.62. The summed E-state index contributed by atoms with van der Waals surface area (Å²) < 4.78 is 4.75. The van der Waals surface area contributed by atoms with Crippen LogP contribution in [0.2, 0.25) is 0 Å². The Hall–Kier alpha value is -1.85. The van der Waals surface area contributed by atoms with E-state index in [1.165, 1.54) is 17.2 Å². The number of carbonyl (C=O) groups excluding carboxylic acids is 1. The number of carboxylic acid groups (broad SMARTS) is 1. The number of rotatable bonds is 2. The van der Waals surface area contributed by atoms with Crippen molar-refractivity contribution in [3.05, 3.63) is 18.0 Å². The fourth-order valence-electron chi connectivity index (χ4n) is 1.97. The third-order valence-corrected chi connectivity index (χ3v) is 3.00. The second-order valence-electron chi connectivity index (χ2n) is 4.02. The maximum absolute atomic E-state index is 12.0. The minimum absolute atomic E-state index is 0.0781. The monoisotopic (exact) mass is 224 g/mol. The van der Waals surface area contributed by atoms with Crippen molar-refractivity contribution in [2.45, 2.75) is 25.3 Å². The number of nitrogens with zero attached hydrogens (tertiary/aromatic N) is 2. The van der Waals surface area contributed by atoms with Gasteiger partial charge in [-0.25, -0.2) is 4.79 Å². The number of aromatic nitrogens is 1. The van der Waals surface area contributed by atoms with E-state index in [0.717, 1.165) is 0 Å². The number of aliphatic carboxylic acids is 1. The van der Waals surface area contributed by atoms with Crippen LogP contribution in [0.25, 0.3) is 0 Å². The zero-order chi connectivity index (χ0) is 11.8. The molecule has 1 atom stereocenters. The fraction of sp³-hybridized carbons (Fsp3) is 0.500. The SMILES string of the molecule is CC1(C(=O)O)CCCN1C(=O)c1ccno1. The van der Waals surface area contributed by atoms with Gasteiger partial charge in [-0.3, -0.25) is 4.79 Å². The van der Waals surface area contributed by atoms with Crippen LogP contribution < -0.4 is 0 Å². The first-order valence-corrected chi connectivity index (χ1v) is 5.02. The molecule has 1 aromatic rings. The summed E-state index contributed by atoms with van der Waals surface area (Å²) in [7, 11) is 0. The van der Waals surface area contributed by atoms with E-state index in [9.17, 15) is 9.59 Å². The fourth-order valence-corrected chi connectivity index (χ4v) is 1.97. The molecular formula is C10H12N2O4. The van der Waals surface area contributed by atoms with Crippen LogP contribution in [0.1, 0.15) is 30.3 Å². The molecule has 0 saturated carbocycles. The van der Waals surface area contributed by atoms with E-state index < -0.39 is 17.4 Å². The Bertz CT molecular complexity index is 414. The number of hydrogen-bond acceptors (Lipinski definition) is 4. The zero-order valence-electron chi connectivity index (χ0n) is 8.84. The summed E-state index contributed by atoms with van der Waals surface area (Å²) in [4.78, 5) is 24.5. The first-order chi connectivity index (χ1) is 7.55. The summed E-state index contributed by atoms with van der Waals surface area (Å²) in [5.41, 5.74) is -1.14. The quantitative estimate of drug-likeness (QED) is 0.801. The summed E-state index contributed by atoms with van der Waals surface area (Å²) in [6, 6.07) is 1.43. The Labute approximate surface area is 91.8 Å². The van der Waals surface area contributed by atoms with Crippen LogP contribution in [0.3, 0.4) is 0 Å². The molecule has 0 radical (unpaired) electrons. The molecule has 2 heterocycles. The van der Waals surface area contributed by atoms with Crippen molar-refractivity contribution >= 4 is 11.9 Å². The maximum atomic E-state index is 12.0. The van der Waals surface area contributed by atoms with Gasteiger partial charge >= 0.3 is 5.97 Å². The van der Waals surface area contributed by atoms with Gasteiger partial charge in [0.05, 0.1) is 6.20 Å². The van der Waals surface area contributed by atoms with E-state index in [1.807, 2.05) is 0 Å². The number of carboxylic acids is 1. The molecule has 0 spiro atoms. The molecule has 1 N–H and O–H groups in total. The summed E-state index contributed by atoms with van der Waals surface area (Å²) in [5, 5.41) is 12.6. The summed E-state index contributed by atoms with van der Waals surface area (Å²) in [5.74, 6) is -1.33. The highest BCUT2D eigenvalue weighted by Gasteiger charge is 2.46. The van der Waals surface area contributed by atoms with Crippen molar-refractivity contribution in [2.24, 2.45) is 0 Å². The van der Waals surface area contributed by atoms with Crippen molar-refractivity contribution < 1.29 is 19.2 Å². The van der Waals surface area contributed by atoms with E-state index >= 15 is 0 Å². The Balaban J connectivity index is 2.27. The molecule has 1 aliphatic rings.